The molecule has 0 radical (unpaired) electrons. The van der Waals surface area contributed by atoms with Crippen LogP contribution in [0.3, 0.4) is 0 Å². The molecule has 0 spiro atoms. The predicted octanol–water partition coefficient (Wildman–Crippen LogP) is 1.50. The third-order valence-electron chi connectivity index (χ3n) is 3.07. The van der Waals surface area contributed by atoms with E-state index < -0.39 is 5.60 Å². The number of amides is 2. The number of piperidine rings is 1. The fraction of sp³-hybridized carbons (Fsp3) is 0.867. The molecule has 0 aliphatic carbocycles. The summed E-state index contributed by atoms with van der Waals surface area (Å²) in [6, 6.07) is 0.285. The minimum atomic E-state index is -0.478. The van der Waals surface area contributed by atoms with E-state index in [9.17, 15) is 9.59 Å². The van der Waals surface area contributed by atoms with Crippen LogP contribution in [0.2, 0.25) is 0 Å². The average molecular weight is 299 g/mol. The summed E-state index contributed by atoms with van der Waals surface area (Å²) in [4.78, 5) is 25.4. The molecular weight excluding hydrogens is 270 g/mol. The number of rotatable bonds is 4. The zero-order valence-electron chi connectivity index (χ0n) is 13.9. The van der Waals surface area contributed by atoms with Gasteiger partial charge in [0.25, 0.3) is 0 Å². The molecule has 0 aromatic heterocycles. The Bertz CT molecular complexity index is 364. The van der Waals surface area contributed by atoms with E-state index in [0.717, 1.165) is 12.8 Å². The van der Waals surface area contributed by atoms with Gasteiger partial charge in [0, 0.05) is 25.2 Å². The van der Waals surface area contributed by atoms with E-state index in [1.165, 1.54) is 0 Å². The van der Waals surface area contributed by atoms with Gasteiger partial charge >= 0.3 is 6.09 Å². The minimum absolute atomic E-state index is 0.0145. The summed E-state index contributed by atoms with van der Waals surface area (Å²) in [5.74, 6) is -0.0145. The van der Waals surface area contributed by atoms with Crippen molar-refractivity contribution in [1.82, 2.24) is 15.5 Å². The maximum atomic E-state index is 12.0. The van der Waals surface area contributed by atoms with Gasteiger partial charge in [-0.25, -0.2) is 4.79 Å². The molecule has 0 saturated carbocycles. The van der Waals surface area contributed by atoms with Gasteiger partial charge in [0.1, 0.15) is 5.60 Å². The Morgan fingerprint density at radius 2 is 2.00 bits per heavy atom. The molecule has 1 saturated heterocycles. The van der Waals surface area contributed by atoms with E-state index in [2.05, 4.69) is 10.6 Å². The van der Waals surface area contributed by atoms with E-state index in [-0.39, 0.29) is 30.6 Å². The van der Waals surface area contributed by atoms with Gasteiger partial charge in [0.2, 0.25) is 5.91 Å². The first-order chi connectivity index (χ1) is 9.67. The molecule has 1 fully saturated rings. The third-order valence-corrected chi connectivity index (χ3v) is 3.07. The summed E-state index contributed by atoms with van der Waals surface area (Å²) >= 11 is 0. The smallest absolute Gasteiger partial charge is 0.410 e. The second-order valence-electron chi connectivity index (χ2n) is 6.87. The molecule has 1 aliphatic rings. The van der Waals surface area contributed by atoms with Crippen molar-refractivity contribution in [1.29, 1.82) is 0 Å². The van der Waals surface area contributed by atoms with Crippen LogP contribution in [0.15, 0.2) is 0 Å². The molecule has 1 heterocycles. The van der Waals surface area contributed by atoms with Gasteiger partial charge in [-0.05, 0) is 47.5 Å². The van der Waals surface area contributed by atoms with Crippen molar-refractivity contribution in [2.75, 3.05) is 19.6 Å². The first-order valence-electron chi connectivity index (χ1n) is 7.68. The maximum Gasteiger partial charge on any atom is 0.410 e. The summed E-state index contributed by atoms with van der Waals surface area (Å²) in [6.07, 6.45) is 1.61. The molecule has 122 valence electrons. The van der Waals surface area contributed by atoms with E-state index in [4.69, 9.17) is 4.74 Å². The first kappa shape index (κ1) is 17.8. The summed E-state index contributed by atoms with van der Waals surface area (Å²) in [6.45, 7) is 11.0. The number of hydrogen-bond donors (Lipinski definition) is 2. The largest absolute Gasteiger partial charge is 0.444 e. The van der Waals surface area contributed by atoms with Gasteiger partial charge in [-0.3, -0.25) is 4.79 Å². The van der Waals surface area contributed by atoms with Crippen molar-refractivity contribution in [3.8, 4) is 0 Å². The number of carbonyl (C=O) groups is 2. The highest BCUT2D eigenvalue weighted by atomic mass is 16.6. The zero-order chi connectivity index (χ0) is 16.0. The maximum absolute atomic E-state index is 12.0. The molecule has 0 aromatic carbocycles. The van der Waals surface area contributed by atoms with Crippen LogP contribution in [-0.2, 0) is 9.53 Å². The molecule has 6 heteroatoms. The number of nitrogens with zero attached hydrogens (tertiary/aromatic N) is 1. The minimum Gasteiger partial charge on any atom is -0.444 e. The van der Waals surface area contributed by atoms with Crippen LogP contribution >= 0.6 is 0 Å². The highest BCUT2D eigenvalue weighted by Crippen LogP contribution is 2.15. The molecule has 6 nitrogen and oxygen atoms in total. The van der Waals surface area contributed by atoms with Crippen LogP contribution in [0.1, 0.15) is 47.5 Å². The standard InChI is InChI=1S/C15H29N3O3/c1-11(2)17-13(19)9-16-12-7-6-8-18(10-12)14(20)21-15(3,4)5/h11-12,16H,6-10H2,1-5H3,(H,17,19). The van der Waals surface area contributed by atoms with Crippen molar-refractivity contribution in [2.45, 2.75) is 65.1 Å². The summed E-state index contributed by atoms with van der Waals surface area (Å²) in [5, 5.41) is 6.05. The van der Waals surface area contributed by atoms with E-state index >= 15 is 0 Å². The first-order valence-corrected chi connectivity index (χ1v) is 7.68. The quantitative estimate of drug-likeness (QED) is 0.825. The number of likely N-dealkylation sites (tertiary alicyclic amines) is 1. The highest BCUT2D eigenvalue weighted by molar-refractivity contribution is 5.78. The number of ether oxygens (including phenoxy) is 1. The number of hydrogen-bond acceptors (Lipinski definition) is 4. The molecule has 0 bridgehead atoms. The van der Waals surface area contributed by atoms with Gasteiger partial charge in [-0.1, -0.05) is 0 Å². The number of carbonyl (C=O) groups excluding carboxylic acids is 2. The van der Waals surface area contributed by atoms with Crippen molar-refractivity contribution in [2.24, 2.45) is 0 Å². The van der Waals surface area contributed by atoms with E-state index in [1.807, 2.05) is 34.6 Å². The molecule has 21 heavy (non-hydrogen) atoms. The van der Waals surface area contributed by atoms with Crippen molar-refractivity contribution in [3.63, 3.8) is 0 Å². The SMILES string of the molecule is CC(C)NC(=O)CNC1CCCN(C(=O)OC(C)(C)C)C1. The molecule has 1 atom stereocenters. The molecule has 1 aliphatic heterocycles. The molecule has 1 unspecified atom stereocenters. The Morgan fingerprint density at radius 3 is 2.57 bits per heavy atom. The van der Waals surface area contributed by atoms with Crippen LogP contribution in [0, 0.1) is 0 Å². The van der Waals surface area contributed by atoms with Crippen LogP contribution in [-0.4, -0.2) is 54.2 Å². The molecule has 2 amide bonds. The van der Waals surface area contributed by atoms with Crippen molar-refractivity contribution in [3.05, 3.63) is 0 Å². The summed E-state index contributed by atoms with van der Waals surface area (Å²) in [7, 11) is 0. The Labute approximate surface area is 127 Å². The van der Waals surface area contributed by atoms with Gasteiger partial charge in [-0.2, -0.15) is 0 Å². The zero-order valence-corrected chi connectivity index (χ0v) is 13.9. The Morgan fingerprint density at radius 1 is 1.33 bits per heavy atom. The summed E-state index contributed by atoms with van der Waals surface area (Å²) < 4.78 is 5.38. The van der Waals surface area contributed by atoms with Gasteiger partial charge in [0.05, 0.1) is 6.54 Å². The van der Waals surface area contributed by atoms with Gasteiger partial charge in [0.15, 0.2) is 0 Å². The topological polar surface area (TPSA) is 70.7 Å². The van der Waals surface area contributed by atoms with Gasteiger partial charge < -0.3 is 20.3 Å². The predicted molar refractivity (Wildman–Crippen MR) is 82.1 cm³/mol. The monoisotopic (exact) mass is 299 g/mol. The Kier molecular flexibility index (Phi) is 6.45. The molecule has 2 N–H and O–H groups in total. The average Bonchev–Trinajstić information content (AvgIpc) is 2.34. The highest BCUT2D eigenvalue weighted by Gasteiger charge is 2.27. The lowest BCUT2D eigenvalue weighted by molar-refractivity contribution is -0.120. The van der Waals surface area contributed by atoms with Crippen LogP contribution in [0.5, 0.6) is 0 Å². The molecule has 1 rings (SSSR count). The van der Waals surface area contributed by atoms with Gasteiger partial charge in [-0.15, -0.1) is 0 Å². The summed E-state index contributed by atoms with van der Waals surface area (Å²) in [5.41, 5.74) is -0.478. The van der Waals surface area contributed by atoms with Crippen molar-refractivity contribution >= 4 is 12.0 Å². The van der Waals surface area contributed by atoms with Crippen molar-refractivity contribution < 1.29 is 14.3 Å². The second-order valence-corrected chi connectivity index (χ2v) is 6.87. The van der Waals surface area contributed by atoms with E-state index in [0.29, 0.717) is 13.1 Å². The van der Waals surface area contributed by atoms with E-state index in [1.54, 1.807) is 4.90 Å². The molecule has 0 aromatic rings. The fourth-order valence-electron chi connectivity index (χ4n) is 2.25. The van der Waals surface area contributed by atoms with Crippen LogP contribution in [0.4, 0.5) is 4.79 Å². The second kappa shape index (κ2) is 7.64. The normalized spacial score (nSPS) is 19.5. The number of nitrogens with one attached hydrogen (secondary N) is 2. The molecular formula is C15H29N3O3. The Balaban J connectivity index is 2.38. The lowest BCUT2D eigenvalue weighted by atomic mass is 10.1. The third kappa shape index (κ3) is 7.32. The lowest BCUT2D eigenvalue weighted by Crippen LogP contribution is -2.51. The lowest BCUT2D eigenvalue weighted by Gasteiger charge is -2.34. The Hall–Kier alpha value is -1.30. The fourth-order valence-corrected chi connectivity index (χ4v) is 2.25. The van der Waals surface area contributed by atoms with Crippen LogP contribution < -0.4 is 10.6 Å². The van der Waals surface area contributed by atoms with Crippen LogP contribution in [0.25, 0.3) is 0 Å².